The second kappa shape index (κ2) is 6.02. The number of likely N-dealkylation sites (N-methyl/N-ethyl adjacent to an activating group) is 1. The van der Waals surface area contributed by atoms with E-state index in [1.165, 1.54) is 6.07 Å². The Hall–Kier alpha value is -1.79. The summed E-state index contributed by atoms with van der Waals surface area (Å²) in [6.45, 7) is 9.20. The van der Waals surface area contributed by atoms with E-state index in [0.29, 0.717) is 5.75 Å². The van der Waals surface area contributed by atoms with E-state index in [4.69, 9.17) is 9.47 Å². The van der Waals surface area contributed by atoms with E-state index in [2.05, 4.69) is 16.8 Å². The van der Waals surface area contributed by atoms with Gasteiger partial charge < -0.3 is 19.5 Å². The van der Waals surface area contributed by atoms with Crippen molar-refractivity contribution in [2.24, 2.45) is 0 Å². The van der Waals surface area contributed by atoms with Crippen LogP contribution < -0.4 is 9.47 Å². The number of piperazine rings is 1. The summed E-state index contributed by atoms with van der Waals surface area (Å²) in [6.07, 6.45) is -0.00809. The van der Waals surface area contributed by atoms with Gasteiger partial charge in [-0.1, -0.05) is 0 Å². The lowest BCUT2D eigenvalue weighted by molar-refractivity contribution is -0.138. The average Bonchev–Trinajstić information content (AvgIpc) is 2.83. The van der Waals surface area contributed by atoms with Crippen LogP contribution in [0.4, 0.5) is 0 Å². The number of rotatable bonds is 3. The predicted octanol–water partition coefficient (Wildman–Crippen LogP) is 1.70. The van der Waals surface area contributed by atoms with Gasteiger partial charge in [0.1, 0.15) is 11.8 Å². The normalized spacial score (nSPS) is 22.3. The summed E-state index contributed by atoms with van der Waals surface area (Å²) in [5.41, 5.74) is 1.61. The van der Waals surface area contributed by atoms with E-state index in [9.17, 15) is 9.90 Å². The van der Waals surface area contributed by atoms with Gasteiger partial charge in [0.25, 0.3) is 0 Å². The molecule has 1 fully saturated rings. The number of fused-ring (bicyclic) bond motifs is 1. The number of ether oxygens (including phenoxy) is 2. The molecule has 0 radical (unpaired) electrons. The van der Waals surface area contributed by atoms with Crippen molar-refractivity contribution in [3.63, 3.8) is 0 Å². The van der Waals surface area contributed by atoms with Crippen molar-refractivity contribution >= 4 is 5.97 Å². The molecule has 0 amide bonds. The van der Waals surface area contributed by atoms with Crippen LogP contribution >= 0.6 is 0 Å². The van der Waals surface area contributed by atoms with Crippen molar-refractivity contribution in [1.29, 1.82) is 0 Å². The Morgan fingerprint density at radius 2 is 1.96 bits per heavy atom. The zero-order valence-corrected chi connectivity index (χ0v) is 14.1. The number of carbonyl (C=O) groups excluding carboxylic acids is 1. The maximum atomic E-state index is 12.4. The molecule has 1 aromatic rings. The Kier molecular flexibility index (Phi) is 4.21. The van der Waals surface area contributed by atoms with Crippen molar-refractivity contribution in [1.82, 2.24) is 9.80 Å². The minimum atomic E-state index is -0.458. The van der Waals surface area contributed by atoms with Gasteiger partial charge in [-0.15, -0.1) is 0 Å². The Morgan fingerprint density at radius 1 is 1.30 bits per heavy atom. The minimum absolute atomic E-state index is 0.00809. The van der Waals surface area contributed by atoms with E-state index in [1.807, 2.05) is 20.8 Å². The van der Waals surface area contributed by atoms with Crippen molar-refractivity contribution in [3.8, 4) is 17.2 Å². The summed E-state index contributed by atoms with van der Waals surface area (Å²) in [5, 5.41) is 10.2. The largest absolute Gasteiger partial charge is 0.504 e. The minimum Gasteiger partial charge on any atom is -0.504 e. The molecule has 0 bridgehead atoms. The molecule has 0 saturated carbocycles. The summed E-state index contributed by atoms with van der Waals surface area (Å²) in [4.78, 5) is 16.8. The van der Waals surface area contributed by atoms with Crippen LogP contribution in [0.1, 0.15) is 31.0 Å². The highest BCUT2D eigenvalue weighted by Crippen LogP contribution is 2.48. The Morgan fingerprint density at radius 3 is 2.57 bits per heavy atom. The molecular formula is C17H24N2O4. The van der Waals surface area contributed by atoms with E-state index >= 15 is 0 Å². The highest BCUT2D eigenvalue weighted by molar-refractivity contribution is 5.88. The first kappa shape index (κ1) is 16.1. The number of carbonyl (C=O) groups is 1. The van der Waals surface area contributed by atoms with Gasteiger partial charge in [-0.3, -0.25) is 4.90 Å². The lowest BCUT2D eigenvalue weighted by Gasteiger charge is -2.35. The molecule has 2 heterocycles. The van der Waals surface area contributed by atoms with E-state index < -0.39 is 6.04 Å². The summed E-state index contributed by atoms with van der Waals surface area (Å²) < 4.78 is 11.2. The van der Waals surface area contributed by atoms with Crippen LogP contribution in [0.3, 0.4) is 0 Å². The number of aromatic hydroxyl groups is 1. The first-order chi connectivity index (χ1) is 10.9. The molecule has 1 atom stereocenters. The van der Waals surface area contributed by atoms with Crippen LogP contribution in [0.5, 0.6) is 17.2 Å². The summed E-state index contributed by atoms with van der Waals surface area (Å²) >= 11 is 0. The third kappa shape index (κ3) is 2.88. The Balaban J connectivity index is 2.00. The molecule has 1 N–H and O–H groups in total. The summed E-state index contributed by atoms with van der Waals surface area (Å²) in [5.74, 6) is 0.539. The molecule has 0 spiro atoms. The lowest BCUT2D eigenvalue weighted by Crippen LogP contribution is -2.47. The number of nitrogens with zero attached hydrogens (tertiary/aromatic N) is 2. The molecule has 2 aliphatic heterocycles. The van der Waals surface area contributed by atoms with E-state index in [-0.39, 0.29) is 23.6 Å². The maximum absolute atomic E-state index is 12.4. The molecule has 6 nitrogen and oxygen atoms in total. The predicted molar refractivity (Wildman–Crippen MR) is 86.1 cm³/mol. The smallest absolute Gasteiger partial charge is 0.333 e. The molecule has 0 aliphatic carbocycles. The maximum Gasteiger partial charge on any atom is 0.333 e. The van der Waals surface area contributed by atoms with Crippen molar-refractivity contribution in [3.05, 3.63) is 17.2 Å². The zero-order valence-electron chi connectivity index (χ0n) is 14.1. The van der Waals surface area contributed by atoms with E-state index in [0.717, 1.165) is 37.3 Å². The van der Waals surface area contributed by atoms with Gasteiger partial charge in [-0.05, 0) is 27.8 Å². The number of hydrogen-bond donors (Lipinski definition) is 1. The van der Waals surface area contributed by atoms with Gasteiger partial charge in [-0.25, -0.2) is 4.79 Å². The zero-order chi connectivity index (χ0) is 16.7. The topological polar surface area (TPSA) is 62.2 Å². The van der Waals surface area contributed by atoms with Crippen LogP contribution in [0.25, 0.3) is 0 Å². The second-order valence-electron chi connectivity index (χ2n) is 6.59. The second-order valence-corrected chi connectivity index (χ2v) is 6.59. The lowest BCUT2D eigenvalue weighted by atomic mass is 9.98. The van der Waals surface area contributed by atoms with Crippen molar-refractivity contribution in [2.75, 3.05) is 33.2 Å². The number of esters is 1. The fourth-order valence-electron chi connectivity index (χ4n) is 3.24. The van der Waals surface area contributed by atoms with Gasteiger partial charge in [-0.2, -0.15) is 0 Å². The molecule has 0 aromatic heterocycles. The van der Waals surface area contributed by atoms with Crippen LogP contribution in [0.15, 0.2) is 6.07 Å². The highest BCUT2D eigenvalue weighted by Gasteiger charge is 2.42. The SMILES string of the molecule is Cc1c(OC(C)C)cc(O)c2c1C(N1CCN(C)CC1)C(=O)O2. The number of benzene rings is 1. The monoisotopic (exact) mass is 320 g/mol. The fraction of sp³-hybridized carbons (Fsp3) is 0.588. The molecular weight excluding hydrogens is 296 g/mol. The van der Waals surface area contributed by atoms with E-state index in [1.54, 1.807) is 0 Å². The molecule has 2 aliphatic rings. The first-order valence-electron chi connectivity index (χ1n) is 8.06. The Bertz CT molecular complexity index is 622. The molecule has 6 heteroatoms. The molecule has 3 rings (SSSR count). The van der Waals surface area contributed by atoms with Crippen LogP contribution in [-0.2, 0) is 4.79 Å². The summed E-state index contributed by atoms with van der Waals surface area (Å²) in [7, 11) is 2.07. The number of hydrogen-bond acceptors (Lipinski definition) is 6. The van der Waals surface area contributed by atoms with Crippen LogP contribution in [0, 0.1) is 6.92 Å². The number of phenols is 1. The third-order valence-electron chi connectivity index (χ3n) is 4.48. The first-order valence-corrected chi connectivity index (χ1v) is 8.06. The van der Waals surface area contributed by atoms with Crippen LogP contribution in [0.2, 0.25) is 0 Å². The van der Waals surface area contributed by atoms with Gasteiger partial charge >= 0.3 is 5.97 Å². The fourth-order valence-corrected chi connectivity index (χ4v) is 3.24. The quantitative estimate of drug-likeness (QED) is 0.675. The van der Waals surface area contributed by atoms with Crippen molar-refractivity contribution < 1.29 is 19.4 Å². The molecule has 23 heavy (non-hydrogen) atoms. The van der Waals surface area contributed by atoms with Gasteiger partial charge in [0.05, 0.1) is 6.10 Å². The molecule has 1 saturated heterocycles. The highest BCUT2D eigenvalue weighted by atomic mass is 16.6. The molecule has 1 aromatic carbocycles. The van der Waals surface area contributed by atoms with Crippen LogP contribution in [-0.4, -0.2) is 60.2 Å². The van der Waals surface area contributed by atoms with Gasteiger partial charge in [0.15, 0.2) is 11.5 Å². The van der Waals surface area contributed by atoms with Crippen molar-refractivity contribution in [2.45, 2.75) is 32.9 Å². The standard InChI is InChI=1S/C17H24N2O4/c1-10(2)22-13-9-12(20)16-14(11(13)3)15(17(21)23-16)19-7-5-18(4)6-8-19/h9-10,15,20H,5-8H2,1-4H3. The van der Waals surface area contributed by atoms with Gasteiger partial charge in [0, 0.05) is 43.4 Å². The summed E-state index contributed by atoms with van der Waals surface area (Å²) in [6, 6.07) is 1.08. The Labute approximate surface area is 136 Å². The molecule has 126 valence electrons. The number of phenolic OH excluding ortho intramolecular Hbond substituents is 1. The third-order valence-corrected chi connectivity index (χ3v) is 4.48. The van der Waals surface area contributed by atoms with Gasteiger partial charge in [0.2, 0.25) is 0 Å². The average molecular weight is 320 g/mol. The molecule has 1 unspecified atom stereocenters.